The number of nitrogen functional groups attached to an aromatic ring is 1. The van der Waals surface area contributed by atoms with E-state index in [0.29, 0.717) is 5.82 Å². The van der Waals surface area contributed by atoms with Gasteiger partial charge < -0.3 is 10.3 Å². The second kappa shape index (κ2) is 5.46. The van der Waals surface area contributed by atoms with Gasteiger partial charge in [0.1, 0.15) is 4.90 Å². The van der Waals surface area contributed by atoms with Gasteiger partial charge in [0, 0.05) is 5.69 Å². The second-order valence-electron chi connectivity index (χ2n) is 3.87. The fourth-order valence-corrected chi connectivity index (χ4v) is 3.14. The summed E-state index contributed by atoms with van der Waals surface area (Å²) in [6, 6.07) is 2.30. The summed E-state index contributed by atoms with van der Waals surface area (Å²) in [4.78, 5) is 3.28. The average Bonchev–Trinajstić information content (AvgIpc) is 2.77. The minimum Gasteiger partial charge on any atom is -0.399 e. The summed E-state index contributed by atoms with van der Waals surface area (Å²) in [5, 5.41) is 3.51. The molecule has 0 aliphatic rings. The molecule has 1 heterocycles. The van der Waals surface area contributed by atoms with Gasteiger partial charge in [-0.2, -0.15) is 4.98 Å². The lowest BCUT2D eigenvalue weighted by Gasteiger charge is -2.08. The van der Waals surface area contributed by atoms with E-state index in [1.54, 1.807) is 6.92 Å². The molecule has 7 nitrogen and oxygen atoms in total. The lowest BCUT2D eigenvalue weighted by atomic mass is 10.3. The van der Waals surface area contributed by atoms with Crippen molar-refractivity contribution in [1.29, 1.82) is 0 Å². The Labute approximate surface area is 122 Å². The van der Waals surface area contributed by atoms with Gasteiger partial charge in [-0.15, -0.1) is 0 Å². The molecule has 0 aliphatic heterocycles. The quantitative estimate of drug-likeness (QED) is 0.791. The third kappa shape index (κ3) is 3.14. The molecule has 2 rings (SSSR count). The maximum atomic E-state index is 13.8. The molecule has 3 N–H and O–H groups in total. The van der Waals surface area contributed by atoms with Crippen molar-refractivity contribution in [2.24, 2.45) is 0 Å². The van der Waals surface area contributed by atoms with E-state index in [1.807, 2.05) is 0 Å². The predicted octanol–water partition coefficient (Wildman–Crippen LogP) is 1.34. The van der Waals surface area contributed by atoms with Gasteiger partial charge in [0.05, 0.1) is 11.0 Å². The molecule has 2 aromatic rings. The van der Waals surface area contributed by atoms with Gasteiger partial charge >= 0.3 is 0 Å². The number of nitrogens with two attached hydrogens (primary N) is 1. The number of halogens is 2. The monoisotopic (exact) mass is 364 g/mol. The number of sulfonamides is 1. The van der Waals surface area contributed by atoms with Gasteiger partial charge in [-0.1, -0.05) is 5.16 Å². The molecule has 0 atom stereocenters. The van der Waals surface area contributed by atoms with Crippen LogP contribution in [0.25, 0.3) is 0 Å². The molecule has 0 fully saturated rings. The van der Waals surface area contributed by atoms with E-state index in [0.717, 1.165) is 6.07 Å². The predicted molar refractivity (Wildman–Crippen MR) is 71.6 cm³/mol. The van der Waals surface area contributed by atoms with Crippen LogP contribution in [-0.2, 0) is 16.6 Å². The average molecular weight is 365 g/mol. The Morgan fingerprint density at radius 1 is 1.50 bits per heavy atom. The fourth-order valence-electron chi connectivity index (χ4n) is 1.43. The Morgan fingerprint density at radius 3 is 2.80 bits per heavy atom. The maximum absolute atomic E-state index is 13.8. The number of rotatable bonds is 4. The normalized spacial score (nSPS) is 11.8. The van der Waals surface area contributed by atoms with Crippen molar-refractivity contribution in [1.82, 2.24) is 14.9 Å². The zero-order valence-corrected chi connectivity index (χ0v) is 12.6. The van der Waals surface area contributed by atoms with E-state index in [1.165, 1.54) is 6.07 Å². The van der Waals surface area contributed by atoms with Crippen LogP contribution < -0.4 is 10.5 Å². The van der Waals surface area contributed by atoms with Crippen LogP contribution in [0.3, 0.4) is 0 Å². The Kier molecular flexibility index (Phi) is 4.06. The maximum Gasteiger partial charge on any atom is 0.244 e. The van der Waals surface area contributed by atoms with Crippen LogP contribution in [0.15, 0.2) is 26.0 Å². The van der Waals surface area contributed by atoms with Crippen molar-refractivity contribution in [2.45, 2.75) is 18.4 Å². The molecule has 20 heavy (non-hydrogen) atoms. The van der Waals surface area contributed by atoms with Gasteiger partial charge in [0.2, 0.25) is 15.9 Å². The van der Waals surface area contributed by atoms with Crippen molar-refractivity contribution < 1.29 is 17.3 Å². The number of nitrogens with zero attached hydrogens (tertiary/aromatic N) is 2. The number of hydrogen-bond acceptors (Lipinski definition) is 6. The van der Waals surface area contributed by atoms with Crippen molar-refractivity contribution in [3.63, 3.8) is 0 Å². The van der Waals surface area contributed by atoms with Crippen LogP contribution in [0.5, 0.6) is 0 Å². The standard InChI is InChI=1S/C10H10BrFN4O3S/c1-5-15-9(19-16-5)4-14-20(17,18)8-3-6(13)2-7(11)10(8)12/h2-3,14H,4,13H2,1H3. The van der Waals surface area contributed by atoms with Crippen LogP contribution in [0.2, 0.25) is 0 Å². The molecule has 0 amide bonds. The topological polar surface area (TPSA) is 111 Å². The fraction of sp³-hybridized carbons (Fsp3) is 0.200. The zero-order valence-electron chi connectivity index (χ0n) is 10.2. The molecule has 0 saturated carbocycles. The highest BCUT2D eigenvalue weighted by molar-refractivity contribution is 9.10. The van der Waals surface area contributed by atoms with Crippen molar-refractivity contribution in [3.8, 4) is 0 Å². The molecule has 0 spiro atoms. The molecule has 0 aliphatic carbocycles. The summed E-state index contributed by atoms with van der Waals surface area (Å²) in [6.45, 7) is 1.35. The number of benzene rings is 1. The highest BCUT2D eigenvalue weighted by Gasteiger charge is 2.22. The third-order valence-electron chi connectivity index (χ3n) is 2.29. The Balaban J connectivity index is 2.27. The van der Waals surface area contributed by atoms with E-state index in [9.17, 15) is 12.8 Å². The summed E-state index contributed by atoms with van der Waals surface area (Å²) in [7, 11) is -4.09. The van der Waals surface area contributed by atoms with E-state index in [4.69, 9.17) is 10.3 Å². The Hall–Kier alpha value is -1.52. The zero-order chi connectivity index (χ0) is 14.9. The first-order valence-corrected chi connectivity index (χ1v) is 7.60. The van der Waals surface area contributed by atoms with Gasteiger partial charge in [-0.3, -0.25) is 0 Å². The Bertz CT molecular complexity index is 747. The summed E-state index contributed by atoms with van der Waals surface area (Å²) in [6.07, 6.45) is 0. The molecular weight excluding hydrogens is 355 g/mol. The Morgan fingerprint density at radius 2 is 2.20 bits per heavy atom. The number of nitrogens with one attached hydrogen (secondary N) is 1. The van der Waals surface area contributed by atoms with Crippen LogP contribution >= 0.6 is 15.9 Å². The summed E-state index contributed by atoms with van der Waals surface area (Å²) in [5.41, 5.74) is 5.62. The van der Waals surface area contributed by atoms with E-state index in [2.05, 4.69) is 30.8 Å². The molecule has 0 radical (unpaired) electrons. The number of hydrogen-bond donors (Lipinski definition) is 2. The molecular formula is C10H10BrFN4O3S. The summed E-state index contributed by atoms with van der Waals surface area (Å²) < 4.78 is 44.8. The summed E-state index contributed by atoms with van der Waals surface area (Å²) in [5.74, 6) is -0.472. The SMILES string of the molecule is Cc1noc(CNS(=O)(=O)c2cc(N)cc(Br)c2F)n1. The van der Waals surface area contributed by atoms with Crippen molar-refractivity contribution >= 4 is 31.6 Å². The van der Waals surface area contributed by atoms with Crippen LogP contribution in [0.1, 0.15) is 11.7 Å². The third-order valence-corrected chi connectivity index (χ3v) is 4.27. The molecule has 1 aromatic carbocycles. The first kappa shape index (κ1) is 14.9. The minimum atomic E-state index is -4.09. The van der Waals surface area contributed by atoms with Gasteiger partial charge in [-0.05, 0) is 35.0 Å². The lowest BCUT2D eigenvalue weighted by molar-refractivity contribution is 0.372. The number of aryl methyl sites for hydroxylation is 1. The molecule has 0 unspecified atom stereocenters. The van der Waals surface area contributed by atoms with Crippen molar-refractivity contribution in [2.75, 3.05) is 5.73 Å². The van der Waals surface area contributed by atoms with Crippen LogP contribution in [0, 0.1) is 12.7 Å². The number of anilines is 1. The van der Waals surface area contributed by atoms with Crippen LogP contribution in [0.4, 0.5) is 10.1 Å². The molecule has 108 valence electrons. The largest absolute Gasteiger partial charge is 0.399 e. The van der Waals surface area contributed by atoms with E-state index < -0.39 is 20.7 Å². The highest BCUT2D eigenvalue weighted by Crippen LogP contribution is 2.26. The molecule has 10 heteroatoms. The lowest BCUT2D eigenvalue weighted by Crippen LogP contribution is -2.24. The van der Waals surface area contributed by atoms with Gasteiger partial charge in [0.15, 0.2) is 11.6 Å². The first-order valence-electron chi connectivity index (χ1n) is 5.33. The van der Waals surface area contributed by atoms with Gasteiger partial charge in [0.25, 0.3) is 0 Å². The number of aromatic nitrogens is 2. The summed E-state index contributed by atoms with van der Waals surface area (Å²) >= 11 is 2.90. The smallest absolute Gasteiger partial charge is 0.244 e. The second-order valence-corrected chi connectivity index (χ2v) is 6.46. The highest BCUT2D eigenvalue weighted by atomic mass is 79.9. The van der Waals surface area contributed by atoms with Gasteiger partial charge in [-0.25, -0.2) is 17.5 Å². The first-order chi connectivity index (χ1) is 9.29. The van der Waals surface area contributed by atoms with E-state index in [-0.39, 0.29) is 22.6 Å². The minimum absolute atomic E-state index is 0.0356. The molecule has 1 aromatic heterocycles. The van der Waals surface area contributed by atoms with Crippen LogP contribution in [-0.4, -0.2) is 18.6 Å². The molecule has 0 saturated heterocycles. The molecule has 0 bridgehead atoms. The van der Waals surface area contributed by atoms with Crippen molar-refractivity contribution in [3.05, 3.63) is 34.1 Å². The van der Waals surface area contributed by atoms with E-state index >= 15 is 0 Å².